The largest absolute Gasteiger partial charge is 0.480 e. The molecule has 0 heterocycles. The van der Waals surface area contributed by atoms with Gasteiger partial charge in [-0.05, 0) is 80.9 Å². The van der Waals surface area contributed by atoms with Crippen molar-refractivity contribution in [2.45, 2.75) is 82.9 Å². The van der Waals surface area contributed by atoms with Crippen LogP contribution in [0.1, 0.15) is 80.9 Å². The molecule has 8 heteroatoms. The number of esters is 1. The minimum absolute atomic E-state index is 0.0374. The smallest absolute Gasteiger partial charge is 0.328 e. The maximum absolute atomic E-state index is 12.5. The number of nitrogens with one attached hydrogen (secondary N) is 2. The van der Waals surface area contributed by atoms with Crippen molar-refractivity contribution in [2.24, 2.45) is 11.8 Å². The maximum Gasteiger partial charge on any atom is 0.328 e. The van der Waals surface area contributed by atoms with Gasteiger partial charge >= 0.3 is 11.9 Å². The van der Waals surface area contributed by atoms with Gasteiger partial charge in [0.25, 0.3) is 0 Å². The number of hydrogen-bond acceptors (Lipinski definition) is 5. The van der Waals surface area contributed by atoms with Crippen LogP contribution < -0.4 is 10.6 Å². The first kappa shape index (κ1) is 33.4. The summed E-state index contributed by atoms with van der Waals surface area (Å²) in [6.45, 7) is 3.39. The van der Waals surface area contributed by atoms with Crippen LogP contribution in [0, 0.1) is 11.8 Å². The molecule has 3 aromatic carbocycles. The average Bonchev–Trinajstić information content (AvgIpc) is 3.77. The number of benzene rings is 3. The number of rotatable bonds is 10. The molecule has 0 spiro atoms. The lowest BCUT2D eigenvalue weighted by molar-refractivity contribution is -0.149. The summed E-state index contributed by atoms with van der Waals surface area (Å²) in [5.74, 6) is -0.840. The van der Waals surface area contributed by atoms with Crippen molar-refractivity contribution in [3.05, 3.63) is 108 Å². The van der Waals surface area contributed by atoms with E-state index in [9.17, 15) is 19.2 Å². The summed E-state index contributed by atoms with van der Waals surface area (Å²) in [4.78, 5) is 47.3. The fourth-order valence-electron chi connectivity index (χ4n) is 6.13. The quantitative estimate of drug-likeness (QED) is 0.242. The summed E-state index contributed by atoms with van der Waals surface area (Å²) in [6, 6.07) is 28.6. The molecule has 8 nitrogen and oxygen atoms in total. The number of amides is 2. The molecular weight excluding hydrogens is 568 g/mol. The molecular formula is C37H44N2O6. The monoisotopic (exact) mass is 612 g/mol. The van der Waals surface area contributed by atoms with Crippen molar-refractivity contribution in [3.8, 4) is 0 Å². The number of carboxylic acid groups (broad SMARTS) is 1. The van der Waals surface area contributed by atoms with E-state index in [1.165, 1.54) is 18.1 Å². The number of ether oxygens (including phenoxy) is 1. The Morgan fingerprint density at radius 3 is 1.53 bits per heavy atom. The van der Waals surface area contributed by atoms with E-state index in [0.29, 0.717) is 11.8 Å². The van der Waals surface area contributed by atoms with Gasteiger partial charge < -0.3 is 20.5 Å². The first-order valence-corrected chi connectivity index (χ1v) is 15.8. The number of carbonyl (C=O) groups is 4. The summed E-state index contributed by atoms with van der Waals surface area (Å²) >= 11 is 0. The second-order valence-corrected chi connectivity index (χ2v) is 12.1. The van der Waals surface area contributed by atoms with E-state index in [2.05, 4.69) is 34.9 Å². The Morgan fingerprint density at radius 2 is 1.09 bits per heavy atom. The predicted octanol–water partition coefficient (Wildman–Crippen LogP) is 5.98. The van der Waals surface area contributed by atoms with Crippen LogP contribution in [-0.2, 0) is 30.5 Å². The van der Waals surface area contributed by atoms with Crippen LogP contribution in [0.2, 0.25) is 0 Å². The highest BCUT2D eigenvalue weighted by Crippen LogP contribution is 2.39. The molecule has 6 atom stereocenters. The molecule has 2 saturated carbocycles. The van der Waals surface area contributed by atoms with Crippen molar-refractivity contribution in [3.63, 3.8) is 0 Å². The summed E-state index contributed by atoms with van der Waals surface area (Å²) in [5.41, 5.74) is 3.49. The molecule has 0 bridgehead atoms. The number of carboxylic acids is 1. The zero-order valence-corrected chi connectivity index (χ0v) is 26.1. The topological polar surface area (TPSA) is 122 Å². The molecule has 0 aliphatic heterocycles. The highest BCUT2D eigenvalue weighted by Gasteiger charge is 2.33. The van der Waals surface area contributed by atoms with Crippen LogP contribution in [0.4, 0.5) is 0 Å². The average molecular weight is 613 g/mol. The van der Waals surface area contributed by atoms with Gasteiger partial charge in [0, 0.05) is 11.8 Å². The van der Waals surface area contributed by atoms with Gasteiger partial charge in [0.1, 0.15) is 18.7 Å². The second-order valence-electron chi connectivity index (χ2n) is 12.1. The maximum atomic E-state index is 12.5. The lowest BCUT2D eigenvalue weighted by Crippen LogP contribution is -2.42. The fraction of sp³-hybridized carbons (Fsp3) is 0.405. The molecule has 2 fully saturated rings. The first-order chi connectivity index (χ1) is 21.7. The highest BCUT2D eigenvalue weighted by molar-refractivity contribution is 5.86. The van der Waals surface area contributed by atoms with E-state index in [4.69, 9.17) is 9.84 Å². The van der Waals surface area contributed by atoms with E-state index in [1.807, 2.05) is 66.7 Å². The molecule has 238 valence electrons. The van der Waals surface area contributed by atoms with Crippen molar-refractivity contribution < 1.29 is 29.0 Å². The lowest BCUT2D eigenvalue weighted by Gasteiger charge is -2.17. The zero-order chi connectivity index (χ0) is 32.2. The van der Waals surface area contributed by atoms with Gasteiger partial charge in [0.05, 0.1) is 0 Å². The van der Waals surface area contributed by atoms with Crippen LogP contribution in [-0.4, -0.2) is 40.9 Å². The number of aliphatic carboxylic acids is 1. The van der Waals surface area contributed by atoms with Crippen molar-refractivity contribution in [2.75, 3.05) is 0 Å². The molecule has 45 heavy (non-hydrogen) atoms. The van der Waals surface area contributed by atoms with Crippen molar-refractivity contribution in [1.82, 2.24) is 10.6 Å². The SMILES string of the molecule is C[C@H](NC(=O)[C@@H]1CC[C@@H](c2ccccc2)C1)C(=O)O.C[C@H](NC(=O)[C@@H]1CC[C@@H](c2ccccc2)C1)C(=O)OCc1ccccc1. The molecule has 0 saturated heterocycles. The van der Waals surface area contributed by atoms with E-state index >= 15 is 0 Å². The van der Waals surface area contributed by atoms with Gasteiger partial charge in [-0.1, -0.05) is 91.0 Å². The van der Waals surface area contributed by atoms with Gasteiger partial charge in [0.15, 0.2) is 0 Å². The summed E-state index contributed by atoms with van der Waals surface area (Å²) < 4.78 is 5.29. The van der Waals surface area contributed by atoms with E-state index in [-0.39, 0.29) is 30.3 Å². The van der Waals surface area contributed by atoms with Crippen LogP contribution >= 0.6 is 0 Å². The predicted molar refractivity (Wildman–Crippen MR) is 172 cm³/mol. The minimum atomic E-state index is -0.994. The third-order valence-electron chi connectivity index (χ3n) is 8.81. The Labute approximate surface area is 265 Å². The second kappa shape index (κ2) is 16.6. The van der Waals surface area contributed by atoms with E-state index < -0.39 is 24.0 Å². The highest BCUT2D eigenvalue weighted by atomic mass is 16.5. The third-order valence-corrected chi connectivity index (χ3v) is 8.81. The van der Waals surface area contributed by atoms with Gasteiger partial charge in [-0.3, -0.25) is 14.4 Å². The Bertz CT molecular complexity index is 1400. The summed E-state index contributed by atoms with van der Waals surface area (Å²) in [6.07, 6.45) is 5.33. The van der Waals surface area contributed by atoms with Crippen LogP contribution in [0.5, 0.6) is 0 Å². The van der Waals surface area contributed by atoms with Crippen LogP contribution in [0.3, 0.4) is 0 Å². The Balaban J connectivity index is 0.000000215. The summed E-state index contributed by atoms with van der Waals surface area (Å²) in [5, 5.41) is 14.2. The molecule has 2 amide bonds. The Morgan fingerprint density at radius 1 is 0.667 bits per heavy atom. The lowest BCUT2D eigenvalue weighted by atomic mass is 9.96. The molecule has 0 radical (unpaired) electrons. The third kappa shape index (κ3) is 10.0. The van der Waals surface area contributed by atoms with Gasteiger partial charge in [-0.2, -0.15) is 0 Å². The molecule has 0 aromatic heterocycles. The molecule has 5 rings (SSSR count). The molecule has 3 N–H and O–H groups in total. The Hall–Kier alpha value is -4.46. The number of hydrogen-bond donors (Lipinski definition) is 3. The van der Waals surface area contributed by atoms with Gasteiger partial charge in [-0.25, -0.2) is 4.79 Å². The van der Waals surface area contributed by atoms with Gasteiger partial charge in [0.2, 0.25) is 11.8 Å². The fourth-order valence-corrected chi connectivity index (χ4v) is 6.13. The molecule has 0 unspecified atom stereocenters. The minimum Gasteiger partial charge on any atom is -0.480 e. The zero-order valence-electron chi connectivity index (χ0n) is 26.1. The molecule has 2 aliphatic carbocycles. The van der Waals surface area contributed by atoms with Crippen molar-refractivity contribution in [1.29, 1.82) is 0 Å². The van der Waals surface area contributed by atoms with Crippen molar-refractivity contribution >= 4 is 23.8 Å². The Kier molecular flexibility index (Phi) is 12.3. The standard InChI is InChI=1S/C22H25NO3.C15H19NO3/c1-16(22(25)26-15-17-8-4-2-5-9-17)23-21(24)20-13-12-19(14-20)18-10-6-3-7-11-18;1-10(15(18)19)16-14(17)13-8-7-12(9-13)11-5-3-2-4-6-11/h2-11,16,19-20H,12-15H2,1H3,(H,23,24);2-6,10,12-13H,7-9H2,1H3,(H,16,17)(H,18,19)/t16-,19+,20+;10-,12+,13+/m00/s1. The van der Waals surface area contributed by atoms with E-state index in [1.54, 1.807) is 6.92 Å². The van der Waals surface area contributed by atoms with Gasteiger partial charge in [-0.15, -0.1) is 0 Å². The molecule has 3 aromatic rings. The summed E-state index contributed by atoms with van der Waals surface area (Å²) in [7, 11) is 0. The normalized spacial score (nSPS) is 21.8. The first-order valence-electron chi connectivity index (χ1n) is 15.8. The number of carbonyl (C=O) groups excluding carboxylic acids is 3. The molecule has 2 aliphatic rings. The van der Waals surface area contributed by atoms with Crippen LogP contribution in [0.15, 0.2) is 91.0 Å². The van der Waals surface area contributed by atoms with E-state index in [0.717, 1.165) is 44.1 Å². The van der Waals surface area contributed by atoms with Crippen LogP contribution in [0.25, 0.3) is 0 Å².